The van der Waals surface area contributed by atoms with E-state index in [0.717, 1.165) is 0 Å². The Morgan fingerprint density at radius 3 is 2.47 bits per heavy atom. The molecule has 0 bridgehead atoms. The highest BCUT2D eigenvalue weighted by Crippen LogP contribution is 2.22. The van der Waals surface area contributed by atoms with Crippen LogP contribution in [-0.2, 0) is 14.3 Å². The van der Waals surface area contributed by atoms with Crippen molar-refractivity contribution in [2.24, 2.45) is 0 Å². The van der Waals surface area contributed by atoms with Crippen molar-refractivity contribution in [3.8, 4) is 0 Å². The van der Waals surface area contributed by atoms with Crippen molar-refractivity contribution >= 4 is 23.6 Å². The predicted molar refractivity (Wildman–Crippen MR) is 71.1 cm³/mol. The summed E-state index contributed by atoms with van der Waals surface area (Å²) in [7, 11) is 0. The van der Waals surface area contributed by atoms with Gasteiger partial charge in [-0.25, -0.2) is 0 Å². The molecular formula is C12H23NO3S. The highest BCUT2D eigenvalue weighted by molar-refractivity contribution is 8.01. The quantitative estimate of drug-likeness (QED) is 0.562. The highest BCUT2D eigenvalue weighted by atomic mass is 32.2. The number of hydrogen-bond acceptors (Lipinski definition) is 4. The monoisotopic (exact) mass is 261 g/mol. The molecule has 0 aromatic rings. The second kappa shape index (κ2) is 8.39. The average Bonchev–Trinajstić information content (AvgIpc) is 2.21. The molecule has 0 aliphatic carbocycles. The van der Waals surface area contributed by atoms with E-state index < -0.39 is 0 Å². The van der Waals surface area contributed by atoms with E-state index in [9.17, 15) is 9.59 Å². The third-order valence-electron chi connectivity index (χ3n) is 1.82. The van der Waals surface area contributed by atoms with Crippen LogP contribution in [0.3, 0.4) is 0 Å². The van der Waals surface area contributed by atoms with Gasteiger partial charge < -0.3 is 10.1 Å². The molecule has 0 saturated heterocycles. The van der Waals surface area contributed by atoms with Crippen LogP contribution in [0.5, 0.6) is 0 Å². The highest BCUT2D eigenvalue weighted by Gasteiger charge is 2.12. The van der Waals surface area contributed by atoms with Gasteiger partial charge in [0.15, 0.2) is 0 Å². The van der Waals surface area contributed by atoms with Crippen LogP contribution < -0.4 is 5.32 Å². The first-order chi connectivity index (χ1) is 7.85. The van der Waals surface area contributed by atoms with E-state index >= 15 is 0 Å². The molecule has 0 atom stereocenters. The third-order valence-corrected chi connectivity index (χ3v) is 3.09. The normalized spacial score (nSPS) is 11.1. The van der Waals surface area contributed by atoms with Crippen LogP contribution in [-0.4, -0.2) is 35.5 Å². The first-order valence-electron chi connectivity index (χ1n) is 5.91. The van der Waals surface area contributed by atoms with E-state index in [-0.39, 0.29) is 16.6 Å². The van der Waals surface area contributed by atoms with E-state index in [1.54, 1.807) is 18.7 Å². The zero-order valence-electron chi connectivity index (χ0n) is 11.2. The van der Waals surface area contributed by atoms with E-state index in [0.29, 0.717) is 31.7 Å². The van der Waals surface area contributed by atoms with Gasteiger partial charge >= 0.3 is 5.97 Å². The van der Waals surface area contributed by atoms with Crippen LogP contribution in [0.2, 0.25) is 0 Å². The molecule has 0 aliphatic rings. The van der Waals surface area contributed by atoms with Gasteiger partial charge in [0.1, 0.15) is 0 Å². The summed E-state index contributed by atoms with van der Waals surface area (Å²) in [6.45, 7) is 8.95. The van der Waals surface area contributed by atoms with E-state index in [4.69, 9.17) is 4.74 Å². The summed E-state index contributed by atoms with van der Waals surface area (Å²) in [4.78, 5) is 22.4. The molecule has 0 aliphatic heterocycles. The Hall–Kier alpha value is -0.710. The second-order valence-corrected chi connectivity index (χ2v) is 6.46. The van der Waals surface area contributed by atoms with E-state index in [1.807, 2.05) is 0 Å². The SMILES string of the molecule is CCOC(=O)CCCNC(=O)CSC(C)(C)C. The van der Waals surface area contributed by atoms with Crippen LogP contribution in [0.4, 0.5) is 0 Å². The van der Waals surface area contributed by atoms with Crippen molar-refractivity contribution in [1.29, 1.82) is 0 Å². The van der Waals surface area contributed by atoms with Crippen LogP contribution in [0, 0.1) is 0 Å². The van der Waals surface area contributed by atoms with Crippen molar-refractivity contribution in [3.63, 3.8) is 0 Å². The lowest BCUT2D eigenvalue weighted by Crippen LogP contribution is -2.28. The number of carbonyl (C=O) groups excluding carboxylic acids is 2. The molecule has 100 valence electrons. The largest absolute Gasteiger partial charge is 0.466 e. The minimum absolute atomic E-state index is 0.0220. The topological polar surface area (TPSA) is 55.4 Å². The van der Waals surface area contributed by atoms with Gasteiger partial charge in [-0.2, -0.15) is 0 Å². The molecule has 5 heteroatoms. The van der Waals surface area contributed by atoms with Gasteiger partial charge in [0.05, 0.1) is 12.4 Å². The number of nitrogens with one attached hydrogen (secondary N) is 1. The number of thioether (sulfide) groups is 1. The number of carbonyl (C=O) groups is 2. The number of esters is 1. The lowest BCUT2D eigenvalue weighted by Gasteiger charge is -2.16. The second-order valence-electron chi connectivity index (χ2n) is 4.66. The molecule has 0 aromatic heterocycles. The van der Waals surface area contributed by atoms with Gasteiger partial charge in [-0.3, -0.25) is 9.59 Å². The fraction of sp³-hybridized carbons (Fsp3) is 0.833. The Bertz CT molecular complexity index is 249. The minimum atomic E-state index is -0.203. The molecule has 0 aromatic carbocycles. The summed E-state index contributed by atoms with van der Waals surface area (Å²) in [5.41, 5.74) is 0. The fourth-order valence-electron chi connectivity index (χ4n) is 1.03. The smallest absolute Gasteiger partial charge is 0.305 e. The van der Waals surface area contributed by atoms with Crippen molar-refractivity contribution in [2.45, 2.75) is 45.3 Å². The van der Waals surface area contributed by atoms with Crippen molar-refractivity contribution in [2.75, 3.05) is 18.9 Å². The van der Waals surface area contributed by atoms with Crippen molar-refractivity contribution < 1.29 is 14.3 Å². The molecule has 0 heterocycles. The van der Waals surface area contributed by atoms with Gasteiger partial charge in [-0.15, -0.1) is 11.8 Å². The lowest BCUT2D eigenvalue weighted by molar-refractivity contribution is -0.143. The van der Waals surface area contributed by atoms with Gasteiger partial charge in [0.25, 0.3) is 0 Å². The number of hydrogen-bond donors (Lipinski definition) is 1. The molecule has 0 radical (unpaired) electrons. The number of amides is 1. The van der Waals surface area contributed by atoms with Crippen molar-refractivity contribution in [1.82, 2.24) is 5.32 Å². The zero-order valence-corrected chi connectivity index (χ0v) is 12.0. The van der Waals surface area contributed by atoms with E-state index in [2.05, 4.69) is 26.1 Å². The van der Waals surface area contributed by atoms with Crippen LogP contribution in [0.25, 0.3) is 0 Å². The number of ether oxygens (including phenoxy) is 1. The fourth-order valence-corrected chi connectivity index (χ4v) is 1.69. The van der Waals surface area contributed by atoms with Gasteiger partial charge in [0, 0.05) is 17.7 Å². The zero-order chi connectivity index (χ0) is 13.3. The lowest BCUT2D eigenvalue weighted by atomic mass is 10.3. The molecule has 17 heavy (non-hydrogen) atoms. The summed E-state index contributed by atoms with van der Waals surface area (Å²) in [5.74, 6) is 0.280. The standard InChI is InChI=1S/C12H23NO3S/c1-5-16-11(15)7-6-8-13-10(14)9-17-12(2,3)4/h5-9H2,1-4H3,(H,13,14). The first kappa shape index (κ1) is 16.3. The van der Waals surface area contributed by atoms with Gasteiger partial charge in [-0.1, -0.05) is 20.8 Å². The summed E-state index contributed by atoms with van der Waals surface area (Å²) < 4.78 is 4.88. The molecule has 1 N–H and O–H groups in total. The third kappa shape index (κ3) is 11.6. The molecule has 1 amide bonds. The van der Waals surface area contributed by atoms with Crippen LogP contribution >= 0.6 is 11.8 Å². The van der Waals surface area contributed by atoms with E-state index in [1.165, 1.54) is 0 Å². The Labute approximate surface area is 108 Å². The van der Waals surface area contributed by atoms with Crippen LogP contribution in [0.1, 0.15) is 40.5 Å². The maximum Gasteiger partial charge on any atom is 0.305 e. The van der Waals surface area contributed by atoms with Gasteiger partial charge in [0.2, 0.25) is 5.91 Å². The Morgan fingerprint density at radius 1 is 1.29 bits per heavy atom. The Kier molecular flexibility index (Phi) is 8.04. The van der Waals surface area contributed by atoms with Crippen LogP contribution in [0.15, 0.2) is 0 Å². The Balaban J connectivity index is 3.49. The molecular weight excluding hydrogens is 238 g/mol. The maximum atomic E-state index is 11.4. The molecule has 0 fully saturated rings. The average molecular weight is 261 g/mol. The Morgan fingerprint density at radius 2 is 1.94 bits per heavy atom. The first-order valence-corrected chi connectivity index (χ1v) is 6.90. The van der Waals surface area contributed by atoms with Gasteiger partial charge in [-0.05, 0) is 13.3 Å². The molecule has 0 spiro atoms. The molecule has 4 nitrogen and oxygen atoms in total. The number of rotatable bonds is 7. The molecule has 0 rings (SSSR count). The summed E-state index contributed by atoms with van der Waals surface area (Å²) in [6, 6.07) is 0. The maximum absolute atomic E-state index is 11.4. The summed E-state index contributed by atoms with van der Waals surface area (Å²) in [6.07, 6.45) is 0.991. The molecule has 0 saturated carbocycles. The minimum Gasteiger partial charge on any atom is -0.466 e. The molecule has 0 unspecified atom stereocenters. The predicted octanol–water partition coefficient (Wildman–Crippen LogP) is 1.98. The van der Waals surface area contributed by atoms with Crippen molar-refractivity contribution in [3.05, 3.63) is 0 Å². The summed E-state index contributed by atoms with van der Waals surface area (Å²) >= 11 is 1.61. The summed E-state index contributed by atoms with van der Waals surface area (Å²) in [5, 5.41) is 2.79.